The lowest BCUT2D eigenvalue weighted by Gasteiger charge is -2.25. The van der Waals surface area contributed by atoms with Crippen molar-refractivity contribution in [3.05, 3.63) is 59.3 Å². The van der Waals surface area contributed by atoms with Gasteiger partial charge in [0.05, 0.1) is 19.8 Å². The SMILES string of the molecule is CCCOc1ccc(C2NCCc3c2[nH]c2ccccc32)cc1OC. The maximum absolute atomic E-state index is 5.78. The first-order valence-corrected chi connectivity index (χ1v) is 8.95. The molecule has 1 aliphatic rings. The predicted octanol–water partition coefficient (Wildman–Crippen LogP) is 4.20. The van der Waals surface area contributed by atoms with E-state index in [0.29, 0.717) is 6.61 Å². The number of H-pyrrole nitrogens is 1. The zero-order chi connectivity index (χ0) is 17.2. The fourth-order valence-electron chi connectivity index (χ4n) is 3.66. The van der Waals surface area contributed by atoms with Crippen LogP contribution < -0.4 is 14.8 Å². The number of nitrogens with one attached hydrogen (secondary N) is 2. The maximum Gasteiger partial charge on any atom is 0.161 e. The third-order valence-corrected chi connectivity index (χ3v) is 4.84. The Bertz CT molecular complexity index is 885. The maximum atomic E-state index is 5.78. The largest absolute Gasteiger partial charge is 0.493 e. The molecular formula is C21H24N2O2. The first-order chi connectivity index (χ1) is 12.3. The molecule has 25 heavy (non-hydrogen) atoms. The predicted molar refractivity (Wildman–Crippen MR) is 101 cm³/mol. The quantitative estimate of drug-likeness (QED) is 0.734. The second-order valence-corrected chi connectivity index (χ2v) is 6.46. The second-order valence-electron chi connectivity index (χ2n) is 6.46. The first kappa shape index (κ1) is 16.0. The van der Waals surface area contributed by atoms with Gasteiger partial charge in [0.15, 0.2) is 11.5 Å². The van der Waals surface area contributed by atoms with E-state index in [4.69, 9.17) is 9.47 Å². The number of rotatable bonds is 5. The van der Waals surface area contributed by atoms with Gasteiger partial charge in [-0.15, -0.1) is 0 Å². The van der Waals surface area contributed by atoms with Crippen molar-refractivity contribution in [2.75, 3.05) is 20.3 Å². The van der Waals surface area contributed by atoms with Crippen LogP contribution in [0.1, 0.15) is 36.2 Å². The molecule has 1 atom stereocenters. The summed E-state index contributed by atoms with van der Waals surface area (Å²) in [6, 6.07) is 14.9. The Morgan fingerprint density at radius 1 is 1.12 bits per heavy atom. The minimum Gasteiger partial charge on any atom is -0.493 e. The third-order valence-electron chi connectivity index (χ3n) is 4.84. The number of benzene rings is 2. The highest BCUT2D eigenvalue weighted by molar-refractivity contribution is 5.85. The van der Waals surface area contributed by atoms with Gasteiger partial charge in [0.2, 0.25) is 0 Å². The normalized spacial score (nSPS) is 16.6. The van der Waals surface area contributed by atoms with E-state index >= 15 is 0 Å². The molecule has 4 nitrogen and oxygen atoms in total. The average molecular weight is 336 g/mol. The molecule has 4 rings (SSSR count). The Morgan fingerprint density at radius 3 is 2.84 bits per heavy atom. The van der Waals surface area contributed by atoms with Crippen LogP contribution in [0.3, 0.4) is 0 Å². The lowest BCUT2D eigenvalue weighted by atomic mass is 9.94. The van der Waals surface area contributed by atoms with E-state index in [2.05, 4.69) is 53.6 Å². The van der Waals surface area contributed by atoms with Crippen molar-refractivity contribution in [1.29, 1.82) is 0 Å². The molecular weight excluding hydrogens is 312 g/mol. The highest BCUT2D eigenvalue weighted by Crippen LogP contribution is 2.36. The number of hydrogen-bond acceptors (Lipinski definition) is 3. The highest BCUT2D eigenvalue weighted by Gasteiger charge is 2.25. The molecule has 0 saturated heterocycles. The molecule has 0 amide bonds. The molecule has 0 bridgehead atoms. The number of aromatic amines is 1. The molecule has 0 fully saturated rings. The Hall–Kier alpha value is -2.46. The van der Waals surface area contributed by atoms with Crippen LogP contribution in [0, 0.1) is 0 Å². The van der Waals surface area contributed by atoms with Gasteiger partial charge in [-0.3, -0.25) is 0 Å². The molecule has 4 heteroatoms. The van der Waals surface area contributed by atoms with Gasteiger partial charge in [0.25, 0.3) is 0 Å². The number of ether oxygens (including phenoxy) is 2. The van der Waals surface area contributed by atoms with Crippen molar-refractivity contribution in [3.8, 4) is 11.5 Å². The molecule has 1 aromatic heterocycles. The first-order valence-electron chi connectivity index (χ1n) is 8.95. The summed E-state index contributed by atoms with van der Waals surface area (Å²) in [5.41, 5.74) is 5.07. The van der Waals surface area contributed by atoms with E-state index in [1.165, 1.54) is 27.7 Å². The molecule has 0 saturated carbocycles. The number of hydrogen-bond donors (Lipinski definition) is 2. The fourth-order valence-corrected chi connectivity index (χ4v) is 3.66. The summed E-state index contributed by atoms with van der Waals surface area (Å²) in [5, 5.41) is 4.97. The minimum atomic E-state index is 0.144. The van der Waals surface area contributed by atoms with Crippen molar-refractivity contribution >= 4 is 10.9 Å². The summed E-state index contributed by atoms with van der Waals surface area (Å²) in [6.07, 6.45) is 2.03. The van der Waals surface area contributed by atoms with Gasteiger partial charge in [-0.25, -0.2) is 0 Å². The third kappa shape index (κ3) is 2.87. The number of methoxy groups -OCH3 is 1. The van der Waals surface area contributed by atoms with Gasteiger partial charge in [-0.2, -0.15) is 0 Å². The van der Waals surface area contributed by atoms with Crippen LogP contribution in [0.4, 0.5) is 0 Å². The molecule has 130 valence electrons. The molecule has 2 aromatic carbocycles. The number of aromatic nitrogens is 1. The standard InChI is InChI=1S/C21H24N2O2/c1-3-12-25-18-9-8-14(13-19(18)24-2)20-21-16(10-11-22-20)15-6-4-5-7-17(15)23-21/h4-9,13,20,22-23H,3,10-12H2,1-2H3. The summed E-state index contributed by atoms with van der Waals surface area (Å²) in [7, 11) is 1.70. The monoisotopic (exact) mass is 336 g/mol. The van der Waals surface area contributed by atoms with Gasteiger partial charge in [-0.1, -0.05) is 31.2 Å². The molecule has 2 heterocycles. The molecule has 0 spiro atoms. The van der Waals surface area contributed by atoms with Crippen LogP contribution in [-0.4, -0.2) is 25.2 Å². The van der Waals surface area contributed by atoms with E-state index in [0.717, 1.165) is 30.9 Å². The van der Waals surface area contributed by atoms with Gasteiger partial charge in [-0.05, 0) is 42.2 Å². The van der Waals surface area contributed by atoms with Crippen LogP contribution in [0.25, 0.3) is 10.9 Å². The van der Waals surface area contributed by atoms with E-state index in [1.54, 1.807) is 7.11 Å². The molecule has 0 radical (unpaired) electrons. The number of fused-ring (bicyclic) bond motifs is 3. The topological polar surface area (TPSA) is 46.3 Å². The lowest BCUT2D eigenvalue weighted by Crippen LogP contribution is -2.30. The average Bonchev–Trinajstić information content (AvgIpc) is 3.05. The van der Waals surface area contributed by atoms with Gasteiger partial charge < -0.3 is 19.8 Å². The van der Waals surface area contributed by atoms with Crippen LogP contribution in [0.5, 0.6) is 11.5 Å². The highest BCUT2D eigenvalue weighted by atomic mass is 16.5. The van der Waals surface area contributed by atoms with E-state index in [1.807, 2.05) is 6.07 Å². The number of para-hydroxylation sites is 1. The fraction of sp³-hybridized carbons (Fsp3) is 0.333. The van der Waals surface area contributed by atoms with Crippen molar-refractivity contribution in [2.45, 2.75) is 25.8 Å². The Kier molecular flexibility index (Phi) is 4.36. The van der Waals surface area contributed by atoms with Gasteiger partial charge in [0.1, 0.15) is 0 Å². The van der Waals surface area contributed by atoms with Crippen LogP contribution in [0.2, 0.25) is 0 Å². The van der Waals surface area contributed by atoms with Gasteiger partial charge >= 0.3 is 0 Å². The van der Waals surface area contributed by atoms with Crippen molar-refractivity contribution in [3.63, 3.8) is 0 Å². The van der Waals surface area contributed by atoms with E-state index < -0.39 is 0 Å². The van der Waals surface area contributed by atoms with Crippen LogP contribution >= 0.6 is 0 Å². The van der Waals surface area contributed by atoms with Gasteiger partial charge in [0, 0.05) is 23.1 Å². The summed E-state index contributed by atoms with van der Waals surface area (Å²) in [4.78, 5) is 3.62. The van der Waals surface area contributed by atoms with Crippen molar-refractivity contribution in [1.82, 2.24) is 10.3 Å². The van der Waals surface area contributed by atoms with E-state index in [9.17, 15) is 0 Å². The summed E-state index contributed by atoms with van der Waals surface area (Å²) < 4.78 is 11.3. The Morgan fingerprint density at radius 2 is 2.00 bits per heavy atom. The smallest absolute Gasteiger partial charge is 0.161 e. The van der Waals surface area contributed by atoms with Crippen molar-refractivity contribution in [2.24, 2.45) is 0 Å². The van der Waals surface area contributed by atoms with Crippen LogP contribution in [-0.2, 0) is 6.42 Å². The summed E-state index contributed by atoms with van der Waals surface area (Å²) >= 11 is 0. The zero-order valence-corrected chi connectivity index (χ0v) is 14.8. The molecule has 1 aliphatic heterocycles. The molecule has 2 N–H and O–H groups in total. The summed E-state index contributed by atoms with van der Waals surface area (Å²) in [5.74, 6) is 1.59. The zero-order valence-electron chi connectivity index (χ0n) is 14.8. The Labute approximate surface area is 148 Å². The minimum absolute atomic E-state index is 0.144. The summed E-state index contributed by atoms with van der Waals surface area (Å²) in [6.45, 7) is 3.77. The van der Waals surface area contributed by atoms with Crippen molar-refractivity contribution < 1.29 is 9.47 Å². The second kappa shape index (κ2) is 6.81. The molecule has 0 aliphatic carbocycles. The van der Waals surface area contributed by atoms with Crippen LogP contribution in [0.15, 0.2) is 42.5 Å². The Balaban J connectivity index is 1.74. The lowest BCUT2D eigenvalue weighted by molar-refractivity contribution is 0.294. The molecule has 1 unspecified atom stereocenters. The van der Waals surface area contributed by atoms with E-state index in [-0.39, 0.29) is 6.04 Å². The molecule has 3 aromatic rings.